The molecule has 70 heavy (non-hydrogen) atoms. The molecule has 7 aromatic rings. The minimum atomic E-state index is -0.0301. The molecule has 1 unspecified atom stereocenters. The van der Waals surface area contributed by atoms with Crippen molar-refractivity contribution in [3.05, 3.63) is 174 Å². The summed E-state index contributed by atoms with van der Waals surface area (Å²) in [4.78, 5) is 7.00. The van der Waals surface area contributed by atoms with Crippen molar-refractivity contribution in [1.82, 2.24) is 0 Å². The van der Waals surface area contributed by atoms with Gasteiger partial charge in [0.1, 0.15) is 5.75 Å². The minimum Gasteiger partial charge on any atom is -0.493 e. The highest BCUT2D eigenvalue weighted by Crippen LogP contribution is 2.57. The monoisotopic (exact) mass is 930 g/mol. The van der Waals surface area contributed by atoms with E-state index in [1.54, 1.807) is 0 Å². The third kappa shape index (κ3) is 10.2. The van der Waals surface area contributed by atoms with E-state index in [-0.39, 0.29) is 5.41 Å². The van der Waals surface area contributed by atoms with Gasteiger partial charge in [-0.1, -0.05) is 165 Å². The molecule has 9 rings (SSSR count). The molecule has 0 saturated heterocycles. The maximum Gasteiger partial charge on any atom is 0.153 e. The summed E-state index contributed by atoms with van der Waals surface area (Å²) in [5, 5.41) is 0. The summed E-state index contributed by atoms with van der Waals surface area (Å²) in [6, 6.07) is 57.9. The summed E-state index contributed by atoms with van der Waals surface area (Å²) in [5.41, 5.74) is 15.7. The van der Waals surface area contributed by atoms with Gasteiger partial charge in [0.2, 0.25) is 0 Å². The van der Waals surface area contributed by atoms with Gasteiger partial charge in [0, 0.05) is 58.7 Å². The van der Waals surface area contributed by atoms with Gasteiger partial charge in [0.05, 0.1) is 18.0 Å². The highest BCUT2D eigenvalue weighted by Gasteiger charge is 2.43. The Morgan fingerprint density at radius 3 is 1.71 bits per heavy atom. The summed E-state index contributed by atoms with van der Waals surface area (Å²) < 4.78 is 13.5. The molecule has 0 spiro atoms. The van der Waals surface area contributed by atoms with Crippen LogP contribution in [0.1, 0.15) is 134 Å². The van der Waals surface area contributed by atoms with Gasteiger partial charge >= 0.3 is 0 Å². The lowest BCUT2D eigenvalue weighted by Crippen LogP contribution is -2.26. The van der Waals surface area contributed by atoms with E-state index in [4.69, 9.17) is 9.47 Å². The SMILES string of the molecule is CCCCCCC1(CCCCCC)c2cc(C)ccc2-c2ccc(N(c3ccccc3)c3ccc4c(c3)Oc3cc(N(C)c5ccccc5)ccc3N4c3ccc(OCC(CC)CCCC)cc3)cc21. The largest absolute Gasteiger partial charge is 0.493 e. The van der Waals surface area contributed by atoms with E-state index in [2.05, 4.69) is 214 Å². The van der Waals surface area contributed by atoms with E-state index in [0.29, 0.717) is 5.92 Å². The number of anilines is 8. The molecule has 1 heterocycles. The van der Waals surface area contributed by atoms with Crippen molar-refractivity contribution in [3.8, 4) is 28.4 Å². The van der Waals surface area contributed by atoms with Crippen LogP contribution < -0.4 is 24.2 Å². The van der Waals surface area contributed by atoms with Crippen molar-refractivity contribution < 1.29 is 9.47 Å². The molecule has 2 aliphatic rings. The van der Waals surface area contributed by atoms with Gasteiger partial charge in [-0.05, 0) is 139 Å². The zero-order valence-corrected chi connectivity index (χ0v) is 42.9. The molecule has 1 aliphatic carbocycles. The topological polar surface area (TPSA) is 28.2 Å². The third-order valence-corrected chi connectivity index (χ3v) is 15.2. The number of para-hydroxylation sites is 2. The number of rotatable bonds is 23. The Kier molecular flexibility index (Phi) is 15.6. The summed E-state index contributed by atoms with van der Waals surface area (Å²) in [5.74, 6) is 3.08. The van der Waals surface area contributed by atoms with Crippen molar-refractivity contribution in [2.24, 2.45) is 5.92 Å². The van der Waals surface area contributed by atoms with Crippen molar-refractivity contribution in [2.75, 3.05) is 28.4 Å². The van der Waals surface area contributed by atoms with Crippen LogP contribution in [0.25, 0.3) is 11.1 Å². The molecule has 0 bridgehead atoms. The second-order valence-electron chi connectivity index (χ2n) is 20.0. The first-order valence-corrected chi connectivity index (χ1v) is 26.7. The fraction of sp³-hybridized carbons (Fsp3) is 0.354. The van der Waals surface area contributed by atoms with Crippen LogP contribution >= 0.6 is 0 Å². The van der Waals surface area contributed by atoms with Gasteiger partial charge in [0.15, 0.2) is 11.5 Å². The number of benzene rings is 7. The third-order valence-electron chi connectivity index (χ3n) is 15.2. The molecule has 0 saturated carbocycles. The first-order chi connectivity index (χ1) is 34.3. The molecule has 5 heteroatoms. The number of unbranched alkanes of at least 4 members (excludes halogenated alkanes) is 7. The van der Waals surface area contributed by atoms with Gasteiger partial charge in [-0.15, -0.1) is 0 Å². The van der Waals surface area contributed by atoms with E-state index < -0.39 is 0 Å². The highest BCUT2D eigenvalue weighted by atomic mass is 16.5. The number of hydrogen-bond donors (Lipinski definition) is 0. The van der Waals surface area contributed by atoms with Gasteiger partial charge in [0.25, 0.3) is 0 Å². The van der Waals surface area contributed by atoms with Crippen molar-refractivity contribution in [3.63, 3.8) is 0 Å². The molecule has 7 aromatic carbocycles. The second kappa shape index (κ2) is 22.5. The summed E-state index contributed by atoms with van der Waals surface area (Å²) >= 11 is 0. The zero-order chi connectivity index (χ0) is 48.5. The Labute approximate surface area is 420 Å². The Balaban J connectivity index is 1.14. The fourth-order valence-corrected chi connectivity index (χ4v) is 11.1. The zero-order valence-electron chi connectivity index (χ0n) is 42.9. The molecule has 0 fully saturated rings. The molecule has 1 atom stereocenters. The van der Waals surface area contributed by atoms with Crippen LogP contribution in [0.4, 0.5) is 45.5 Å². The molecule has 0 amide bonds. The Hall–Kier alpha value is -6.46. The maximum atomic E-state index is 7.12. The summed E-state index contributed by atoms with van der Waals surface area (Å²) in [7, 11) is 2.12. The summed E-state index contributed by atoms with van der Waals surface area (Å²) in [6.07, 6.45) is 17.2. The van der Waals surface area contributed by atoms with Crippen LogP contribution in [0.3, 0.4) is 0 Å². The van der Waals surface area contributed by atoms with E-state index in [1.165, 1.54) is 111 Å². The number of aryl methyl sites for hydroxylation is 1. The van der Waals surface area contributed by atoms with Crippen LogP contribution in [-0.2, 0) is 5.41 Å². The quantitative estimate of drug-likeness (QED) is 0.0596. The lowest BCUT2D eigenvalue weighted by atomic mass is 9.70. The second-order valence-corrected chi connectivity index (χ2v) is 20.0. The highest BCUT2D eigenvalue weighted by molar-refractivity contribution is 5.91. The maximum absolute atomic E-state index is 7.12. The predicted octanol–water partition coefficient (Wildman–Crippen LogP) is 19.6. The van der Waals surface area contributed by atoms with E-state index in [9.17, 15) is 0 Å². The molecule has 0 N–H and O–H groups in total. The Bertz CT molecular complexity index is 2790. The predicted molar refractivity (Wildman–Crippen MR) is 298 cm³/mol. The van der Waals surface area contributed by atoms with Crippen LogP contribution in [0.2, 0.25) is 0 Å². The minimum absolute atomic E-state index is 0.0301. The van der Waals surface area contributed by atoms with Gasteiger partial charge in [-0.25, -0.2) is 0 Å². The fourth-order valence-electron chi connectivity index (χ4n) is 11.1. The van der Waals surface area contributed by atoms with Crippen molar-refractivity contribution >= 4 is 45.5 Å². The Morgan fingerprint density at radius 2 is 1.09 bits per heavy atom. The molecule has 1 aliphatic heterocycles. The average molecular weight is 930 g/mol. The number of hydrogen-bond acceptors (Lipinski definition) is 5. The van der Waals surface area contributed by atoms with Crippen LogP contribution in [-0.4, -0.2) is 13.7 Å². The number of ether oxygens (including phenoxy) is 2. The van der Waals surface area contributed by atoms with E-state index in [1.807, 2.05) is 0 Å². The normalized spacial score (nSPS) is 13.4. The van der Waals surface area contributed by atoms with Gasteiger partial charge in [-0.2, -0.15) is 0 Å². The average Bonchev–Trinajstić information content (AvgIpc) is 3.66. The molecular formula is C65H75N3O2. The number of nitrogens with zero attached hydrogens (tertiary/aromatic N) is 3. The molecule has 0 aromatic heterocycles. The standard InChI is InChI=1S/C65H75N3O2/c1-7-11-14-22-41-65(42-23-15-12-8-2)59-43-48(5)29-37-57(59)58-38-32-54(44-60(58)65)67(51-27-20-17-21-28-51)55-34-40-62-64(46-55)70-63-45-53(66(6)50-25-18-16-19-26-50)33-39-61(63)68(62)52-30-35-56(36-31-52)69-47-49(10-4)24-13-9-3/h16-21,25-40,43-46,49H,7-15,22-24,41-42,47H2,1-6H3. The molecule has 5 nitrogen and oxygen atoms in total. The number of fused-ring (bicyclic) bond motifs is 5. The van der Waals surface area contributed by atoms with Gasteiger partial charge in [-0.3, -0.25) is 0 Å². The van der Waals surface area contributed by atoms with Crippen molar-refractivity contribution in [2.45, 2.75) is 130 Å². The van der Waals surface area contributed by atoms with Gasteiger partial charge < -0.3 is 24.2 Å². The first kappa shape index (κ1) is 48.6. The molecule has 362 valence electrons. The Morgan fingerprint density at radius 1 is 0.529 bits per heavy atom. The van der Waals surface area contributed by atoms with Crippen LogP contribution in [0.5, 0.6) is 17.2 Å². The van der Waals surface area contributed by atoms with Crippen molar-refractivity contribution in [1.29, 1.82) is 0 Å². The smallest absolute Gasteiger partial charge is 0.153 e. The lowest BCUT2D eigenvalue weighted by Gasteiger charge is -2.36. The van der Waals surface area contributed by atoms with Crippen LogP contribution in [0, 0.1) is 12.8 Å². The summed E-state index contributed by atoms with van der Waals surface area (Å²) in [6.45, 7) is 12.2. The van der Waals surface area contributed by atoms with E-state index in [0.717, 1.165) is 75.8 Å². The lowest BCUT2D eigenvalue weighted by molar-refractivity contribution is 0.233. The molecular weight excluding hydrogens is 855 g/mol. The molecule has 0 radical (unpaired) electrons. The van der Waals surface area contributed by atoms with Crippen LogP contribution in [0.15, 0.2) is 158 Å². The van der Waals surface area contributed by atoms with E-state index >= 15 is 0 Å². The first-order valence-electron chi connectivity index (χ1n) is 26.7.